The molecule has 5 aromatic rings. The van der Waals surface area contributed by atoms with Gasteiger partial charge >= 0.3 is 0 Å². The molecule has 1 heterocycles. The molecule has 0 radical (unpaired) electrons. The number of aryl methyl sites for hydroxylation is 2. The van der Waals surface area contributed by atoms with Crippen LogP contribution in [0.25, 0.3) is 21.8 Å². The Labute approximate surface area is 241 Å². The molecule has 0 fully saturated rings. The lowest BCUT2D eigenvalue weighted by Crippen LogP contribution is -2.18. The Hall–Kier alpha value is -4.00. The first kappa shape index (κ1) is 27.6. The van der Waals surface area contributed by atoms with E-state index in [9.17, 15) is 14.4 Å². The van der Waals surface area contributed by atoms with E-state index < -0.39 is 5.91 Å². The number of aliphatic imine (C=N–C) groups is 1. The van der Waals surface area contributed by atoms with Crippen molar-refractivity contribution in [3.05, 3.63) is 112 Å². The molecule has 1 amide bonds. The fourth-order valence-corrected chi connectivity index (χ4v) is 5.85. The highest BCUT2D eigenvalue weighted by Gasteiger charge is 2.20. The summed E-state index contributed by atoms with van der Waals surface area (Å²) in [5.41, 5.74) is 4.75. The van der Waals surface area contributed by atoms with Crippen LogP contribution in [0.2, 0.25) is 5.02 Å². The van der Waals surface area contributed by atoms with Gasteiger partial charge in [-0.1, -0.05) is 35.9 Å². The van der Waals surface area contributed by atoms with E-state index in [2.05, 4.69) is 16.5 Å². The van der Waals surface area contributed by atoms with Crippen LogP contribution < -0.4 is 0 Å². The number of carbonyl (C=O) groups excluding carboxylic acids is 3. The van der Waals surface area contributed by atoms with Crippen LogP contribution in [0.5, 0.6) is 0 Å². The van der Waals surface area contributed by atoms with Gasteiger partial charge in [-0.3, -0.25) is 14.4 Å². The molecule has 4 aromatic carbocycles. The monoisotopic (exact) mass is 566 g/mol. The van der Waals surface area contributed by atoms with Crippen LogP contribution in [-0.2, 0) is 11.3 Å². The van der Waals surface area contributed by atoms with E-state index in [1.54, 1.807) is 18.2 Å². The lowest BCUT2D eigenvalue weighted by molar-refractivity contribution is -0.115. The number of Topliss-reactive ketones (excluding diaryl/α,β-unsaturated/α-hetero) is 1. The van der Waals surface area contributed by atoms with E-state index in [0.29, 0.717) is 21.7 Å². The van der Waals surface area contributed by atoms with Gasteiger partial charge in [-0.05, 0) is 80.1 Å². The summed E-state index contributed by atoms with van der Waals surface area (Å²) in [7, 11) is 0. The maximum atomic E-state index is 13.6. The van der Waals surface area contributed by atoms with Crippen molar-refractivity contribution < 1.29 is 14.4 Å². The number of rotatable bonds is 8. The third kappa shape index (κ3) is 5.51. The summed E-state index contributed by atoms with van der Waals surface area (Å²) in [5.74, 6) is -0.532. The number of hydrogen-bond donors (Lipinski definition) is 0. The smallest absolute Gasteiger partial charge is 0.242 e. The first-order chi connectivity index (χ1) is 19.3. The number of ketones is 2. The van der Waals surface area contributed by atoms with Gasteiger partial charge in [0.1, 0.15) is 5.71 Å². The van der Waals surface area contributed by atoms with Crippen LogP contribution in [0.4, 0.5) is 0 Å². The van der Waals surface area contributed by atoms with Crippen LogP contribution in [0, 0.1) is 6.92 Å². The van der Waals surface area contributed by atoms with Crippen LogP contribution in [0.1, 0.15) is 45.7 Å². The number of amides is 1. The molecule has 40 heavy (non-hydrogen) atoms. The quantitative estimate of drug-likeness (QED) is 0.108. The van der Waals surface area contributed by atoms with Crippen molar-refractivity contribution in [2.75, 3.05) is 5.75 Å². The normalized spacial score (nSPS) is 11.8. The summed E-state index contributed by atoms with van der Waals surface area (Å²) in [6.07, 6.45) is 0. The SMILES string of the molecule is CCn1c2ccc(C(=O)C(CSc3ccc(Cl)cc3)=NC(C)=O)cc2c2cc(C(=O)c3ccccc3C)ccc21. The summed E-state index contributed by atoms with van der Waals surface area (Å²) in [4.78, 5) is 43.9. The van der Waals surface area contributed by atoms with Gasteiger partial charge in [-0.15, -0.1) is 11.8 Å². The van der Waals surface area contributed by atoms with Gasteiger partial charge in [0.25, 0.3) is 0 Å². The molecule has 0 saturated carbocycles. The zero-order valence-corrected chi connectivity index (χ0v) is 24.0. The third-order valence-corrected chi connectivity index (χ3v) is 8.11. The average Bonchev–Trinajstić information content (AvgIpc) is 3.27. The first-order valence-electron chi connectivity index (χ1n) is 12.9. The number of carbonyl (C=O) groups is 3. The molecular weight excluding hydrogens is 540 g/mol. The molecule has 0 aliphatic carbocycles. The molecule has 0 bridgehead atoms. The van der Waals surface area contributed by atoms with Crippen molar-refractivity contribution in [1.29, 1.82) is 0 Å². The van der Waals surface area contributed by atoms with Gasteiger partial charge in [0, 0.05) is 67.6 Å². The molecule has 5 rings (SSSR count). The average molecular weight is 567 g/mol. The summed E-state index contributed by atoms with van der Waals surface area (Å²) in [6, 6.07) is 26.1. The Bertz CT molecular complexity index is 1820. The van der Waals surface area contributed by atoms with Crippen molar-refractivity contribution in [2.24, 2.45) is 4.99 Å². The fraction of sp³-hybridized carbons (Fsp3) is 0.152. The van der Waals surface area contributed by atoms with Crippen molar-refractivity contribution in [3.63, 3.8) is 0 Å². The van der Waals surface area contributed by atoms with Crippen molar-refractivity contribution in [1.82, 2.24) is 4.57 Å². The van der Waals surface area contributed by atoms with Crippen LogP contribution in [-0.4, -0.2) is 33.5 Å². The van der Waals surface area contributed by atoms with E-state index in [1.807, 2.05) is 73.7 Å². The minimum Gasteiger partial charge on any atom is -0.341 e. The minimum absolute atomic E-state index is 0.0419. The number of benzene rings is 4. The number of halogens is 1. The van der Waals surface area contributed by atoms with Crippen molar-refractivity contribution in [3.8, 4) is 0 Å². The topological polar surface area (TPSA) is 68.5 Å². The zero-order chi connectivity index (χ0) is 28.4. The van der Waals surface area contributed by atoms with Gasteiger partial charge in [0.15, 0.2) is 5.78 Å². The van der Waals surface area contributed by atoms with Crippen LogP contribution in [0.15, 0.2) is 94.8 Å². The van der Waals surface area contributed by atoms with E-state index in [0.717, 1.165) is 38.8 Å². The Kier molecular flexibility index (Phi) is 8.01. The molecule has 1 aromatic heterocycles. The van der Waals surface area contributed by atoms with Gasteiger partial charge in [-0.2, -0.15) is 0 Å². The summed E-state index contributed by atoms with van der Waals surface area (Å²) in [5, 5.41) is 2.39. The molecule has 0 N–H and O–H groups in total. The second kappa shape index (κ2) is 11.6. The first-order valence-corrected chi connectivity index (χ1v) is 14.3. The standard InChI is InChI=1S/C33H27ClN2O3S/c1-4-36-30-15-9-22(32(38)26-8-6-5-7-20(26)2)17-27(30)28-18-23(10-16-31(28)36)33(39)29(35-21(3)37)19-40-25-13-11-24(34)12-14-25/h5-18H,4,19H2,1-3H3. The van der Waals surface area contributed by atoms with Gasteiger partial charge in [-0.25, -0.2) is 4.99 Å². The fourth-order valence-electron chi connectivity index (χ4n) is 4.90. The van der Waals surface area contributed by atoms with Gasteiger partial charge in [0.05, 0.1) is 0 Å². The maximum Gasteiger partial charge on any atom is 0.242 e. The molecule has 0 aliphatic heterocycles. The molecule has 0 atom stereocenters. The molecule has 200 valence electrons. The summed E-state index contributed by atoms with van der Waals surface area (Å²) in [6.45, 7) is 6.06. The lowest BCUT2D eigenvalue weighted by atomic mass is 9.97. The zero-order valence-electron chi connectivity index (χ0n) is 22.4. The van der Waals surface area contributed by atoms with Gasteiger partial charge < -0.3 is 4.57 Å². The maximum absolute atomic E-state index is 13.6. The van der Waals surface area contributed by atoms with Crippen molar-refractivity contribution in [2.45, 2.75) is 32.2 Å². The van der Waals surface area contributed by atoms with Crippen LogP contribution >= 0.6 is 23.4 Å². The number of nitrogens with zero attached hydrogens (tertiary/aromatic N) is 2. The predicted molar refractivity (Wildman–Crippen MR) is 164 cm³/mol. The largest absolute Gasteiger partial charge is 0.341 e. The highest BCUT2D eigenvalue weighted by molar-refractivity contribution is 8.00. The second-order valence-corrected chi connectivity index (χ2v) is 11.0. The van der Waals surface area contributed by atoms with E-state index in [-0.39, 0.29) is 23.0 Å². The van der Waals surface area contributed by atoms with Crippen molar-refractivity contribution >= 4 is 68.4 Å². The third-order valence-electron chi connectivity index (χ3n) is 6.84. The van der Waals surface area contributed by atoms with Gasteiger partial charge in [0.2, 0.25) is 11.7 Å². The Morgan fingerprint density at radius 2 is 1.48 bits per heavy atom. The minimum atomic E-state index is -0.428. The summed E-state index contributed by atoms with van der Waals surface area (Å²) < 4.78 is 2.17. The predicted octanol–water partition coefficient (Wildman–Crippen LogP) is 7.97. The van der Waals surface area contributed by atoms with E-state index in [1.165, 1.54) is 18.7 Å². The number of aromatic nitrogens is 1. The number of hydrogen-bond acceptors (Lipinski definition) is 4. The summed E-state index contributed by atoms with van der Waals surface area (Å²) >= 11 is 7.40. The number of fused-ring (bicyclic) bond motifs is 3. The Morgan fingerprint density at radius 3 is 2.10 bits per heavy atom. The van der Waals surface area contributed by atoms with E-state index >= 15 is 0 Å². The molecule has 5 nitrogen and oxygen atoms in total. The number of thioether (sulfide) groups is 1. The molecule has 7 heteroatoms. The lowest BCUT2D eigenvalue weighted by Gasteiger charge is -2.07. The van der Waals surface area contributed by atoms with Crippen LogP contribution in [0.3, 0.4) is 0 Å². The molecular formula is C33H27ClN2O3S. The molecule has 0 aliphatic rings. The Morgan fingerprint density at radius 1 is 0.850 bits per heavy atom. The molecule has 0 spiro atoms. The molecule has 0 unspecified atom stereocenters. The molecule has 0 saturated heterocycles. The highest BCUT2D eigenvalue weighted by Crippen LogP contribution is 2.32. The second-order valence-electron chi connectivity index (χ2n) is 9.50. The highest BCUT2D eigenvalue weighted by atomic mass is 35.5. The Balaban J connectivity index is 1.55. The van der Waals surface area contributed by atoms with E-state index in [4.69, 9.17) is 11.6 Å².